The molecule has 1 unspecified atom stereocenters. The van der Waals surface area contributed by atoms with Gasteiger partial charge >= 0.3 is 0 Å². The number of nitrogens with zero attached hydrogens (tertiary/aromatic N) is 1. The summed E-state index contributed by atoms with van der Waals surface area (Å²) in [6, 6.07) is 0. The average Bonchev–Trinajstić information content (AvgIpc) is 2.23. The number of carbonyl (C=O) groups is 1. The van der Waals surface area contributed by atoms with Crippen LogP contribution < -0.4 is 0 Å². The topological polar surface area (TPSA) is 68.1 Å². The fourth-order valence-corrected chi connectivity index (χ4v) is 0.950. The van der Waals surface area contributed by atoms with Crippen LogP contribution in [0, 0.1) is 0 Å². The molecular formula is C11H19NO4. The molecule has 0 aromatic carbocycles. The summed E-state index contributed by atoms with van der Waals surface area (Å²) in [7, 11) is 3.03. The molecule has 0 radical (unpaired) electrons. The van der Waals surface area contributed by atoms with E-state index in [4.69, 9.17) is 9.47 Å². The number of ether oxygens (including phenoxy) is 2. The van der Waals surface area contributed by atoms with E-state index in [9.17, 15) is 9.90 Å². The molecule has 92 valence electrons. The van der Waals surface area contributed by atoms with E-state index in [1.165, 1.54) is 20.2 Å². The van der Waals surface area contributed by atoms with Gasteiger partial charge < -0.3 is 14.6 Å². The van der Waals surface area contributed by atoms with E-state index >= 15 is 0 Å². The lowest BCUT2D eigenvalue weighted by Crippen LogP contribution is -2.11. The zero-order chi connectivity index (χ0) is 12.6. The molecule has 0 aliphatic rings. The number of carbonyl (C=O) groups excluding carboxylic acids is 1. The van der Waals surface area contributed by atoms with Crippen LogP contribution >= 0.6 is 0 Å². The number of hydrogen-bond donors (Lipinski definition) is 1. The highest BCUT2D eigenvalue weighted by molar-refractivity contribution is 6.12. The fourth-order valence-electron chi connectivity index (χ4n) is 0.950. The van der Waals surface area contributed by atoms with Crippen LogP contribution in [0.25, 0.3) is 0 Å². The van der Waals surface area contributed by atoms with Crippen molar-refractivity contribution in [2.45, 2.75) is 20.0 Å². The molecule has 1 atom stereocenters. The molecule has 0 heterocycles. The number of ketones is 1. The van der Waals surface area contributed by atoms with Crippen molar-refractivity contribution in [2.24, 2.45) is 4.99 Å². The van der Waals surface area contributed by atoms with Crippen molar-refractivity contribution in [1.82, 2.24) is 0 Å². The molecule has 0 spiro atoms. The van der Waals surface area contributed by atoms with Gasteiger partial charge in [-0.25, -0.2) is 0 Å². The van der Waals surface area contributed by atoms with E-state index in [1.54, 1.807) is 7.11 Å². The molecule has 5 nitrogen and oxygen atoms in total. The van der Waals surface area contributed by atoms with Crippen molar-refractivity contribution >= 4 is 12.0 Å². The number of rotatable bonds is 7. The minimum atomic E-state index is -0.247. The lowest BCUT2D eigenvalue weighted by molar-refractivity contribution is -0.113. The molecule has 0 saturated heterocycles. The molecule has 0 aliphatic carbocycles. The summed E-state index contributed by atoms with van der Waals surface area (Å²) in [6.07, 6.45) is 1.33. The minimum absolute atomic E-state index is 0.000759. The van der Waals surface area contributed by atoms with Gasteiger partial charge in [-0.05, 0) is 13.8 Å². The van der Waals surface area contributed by atoms with Gasteiger partial charge in [0, 0.05) is 20.4 Å². The Morgan fingerprint density at radius 1 is 1.50 bits per heavy atom. The maximum absolute atomic E-state index is 11.2. The number of methoxy groups -OCH3 is 2. The van der Waals surface area contributed by atoms with Crippen molar-refractivity contribution in [3.63, 3.8) is 0 Å². The number of aliphatic hydroxyl groups excluding tert-OH is 1. The maximum Gasteiger partial charge on any atom is 0.164 e. The Bertz CT molecular complexity index is 284. The largest absolute Gasteiger partial charge is 0.509 e. The molecule has 0 aromatic rings. The Morgan fingerprint density at radius 2 is 2.12 bits per heavy atom. The van der Waals surface area contributed by atoms with Gasteiger partial charge in [0.2, 0.25) is 0 Å². The SMILES string of the molecule is COCC(O)=C(C=NCC(C)OC)C(C)=O. The number of Topliss-reactive ketones (excluding diaryl/α,β-unsaturated/α-hetero) is 1. The zero-order valence-corrected chi connectivity index (χ0v) is 10.2. The molecule has 0 bridgehead atoms. The van der Waals surface area contributed by atoms with Crippen LogP contribution in [0.3, 0.4) is 0 Å². The predicted octanol–water partition coefficient (Wildman–Crippen LogP) is 1.14. The molecule has 1 N–H and O–H groups in total. The van der Waals surface area contributed by atoms with Gasteiger partial charge in [0.25, 0.3) is 0 Å². The Kier molecular flexibility index (Phi) is 7.41. The minimum Gasteiger partial charge on any atom is -0.509 e. The van der Waals surface area contributed by atoms with E-state index in [0.29, 0.717) is 6.54 Å². The Morgan fingerprint density at radius 3 is 2.56 bits per heavy atom. The van der Waals surface area contributed by atoms with Gasteiger partial charge in [-0.2, -0.15) is 0 Å². The van der Waals surface area contributed by atoms with Crippen LogP contribution in [-0.2, 0) is 14.3 Å². The van der Waals surface area contributed by atoms with E-state index in [2.05, 4.69) is 4.99 Å². The molecular weight excluding hydrogens is 210 g/mol. The quantitative estimate of drug-likeness (QED) is 0.404. The van der Waals surface area contributed by atoms with Crippen LogP contribution in [0.4, 0.5) is 0 Å². The maximum atomic E-state index is 11.2. The second kappa shape index (κ2) is 8.01. The van der Waals surface area contributed by atoms with Crippen molar-refractivity contribution in [1.29, 1.82) is 0 Å². The summed E-state index contributed by atoms with van der Waals surface area (Å²) in [5.74, 6) is -0.354. The summed E-state index contributed by atoms with van der Waals surface area (Å²) in [6.45, 7) is 3.67. The summed E-state index contributed by atoms with van der Waals surface area (Å²) in [4.78, 5) is 15.2. The van der Waals surface area contributed by atoms with Crippen LogP contribution in [0.5, 0.6) is 0 Å². The zero-order valence-electron chi connectivity index (χ0n) is 10.2. The van der Waals surface area contributed by atoms with E-state index in [1.807, 2.05) is 6.92 Å². The van der Waals surface area contributed by atoms with Crippen molar-refractivity contribution in [3.05, 3.63) is 11.3 Å². The lowest BCUT2D eigenvalue weighted by atomic mass is 10.2. The summed E-state index contributed by atoms with van der Waals surface area (Å²) in [5, 5.41) is 9.51. The first-order chi connectivity index (χ1) is 7.52. The van der Waals surface area contributed by atoms with E-state index < -0.39 is 0 Å². The van der Waals surface area contributed by atoms with E-state index in [-0.39, 0.29) is 29.8 Å². The molecule has 0 saturated carbocycles. The predicted molar refractivity (Wildman–Crippen MR) is 62.0 cm³/mol. The monoisotopic (exact) mass is 229 g/mol. The molecule has 0 rings (SSSR count). The van der Waals surface area contributed by atoms with Crippen LogP contribution in [0.15, 0.2) is 16.3 Å². The third-order valence-corrected chi connectivity index (χ3v) is 1.96. The van der Waals surface area contributed by atoms with Gasteiger partial charge in [0.15, 0.2) is 5.78 Å². The van der Waals surface area contributed by atoms with Gasteiger partial charge in [0.05, 0.1) is 18.2 Å². The van der Waals surface area contributed by atoms with Crippen LogP contribution in [-0.4, -0.2) is 50.6 Å². The van der Waals surface area contributed by atoms with Crippen molar-refractivity contribution in [2.75, 3.05) is 27.4 Å². The first kappa shape index (κ1) is 14.8. The second-order valence-electron chi connectivity index (χ2n) is 3.39. The Labute approximate surface area is 95.8 Å². The van der Waals surface area contributed by atoms with Crippen molar-refractivity contribution in [3.8, 4) is 0 Å². The summed E-state index contributed by atoms with van der Waals surface area (Å²) < 4.78 is 9.74. The fraction of sp³-hybridized carbons (Fsp3) is 0.636. The van der Waals surface area contributed by atoms with Gasteiger partial charge in [-0.1, -0.05) is 0 Å². The third kappa shape index (κ3) is 5.63. The molecule has 0 fully saturated rings. The molecule has 0 amide bonds. The standard InChI is InChI=1S/C11H19NO4/c1-8(16-4)5-12-6-10(9(2)13)11(14)7-15-3/h6,8,14H,5,7H2,1-4H3. The number of hydrogen-bond acceptors (Lipinski definition) is 5. The lowest BCUT2D eigenvalue weighted by Gasteiger charge is -2.05. The van der Waals surface area contributed by atoms with Crippen LogP contribution in [0.1, 0.15) is 13.8 Å². The third-order valence-electron chi connectivity index (χ3n) is 1.96. The number of aliphatic hydroxyl groups is 1. The molecule has 16 heavy (non-hydrogen) atoms. The molecule has 0 aromatic heterocycles. The highest BCUT2D eigenvalue weighted by atomic mass is 16.5. The molecule has 0 aliphatic heterocycles. The second-order valence-corrected chi connectivity index (χ2v) is 3.39. The highest BCUT2D eigenvalue weighted by Gasteiger charge is 2.08. The summed E-state index contributed by atoms with van der Waals surface area (Å²) in [5.41, 5.74) is 0.171. The average molecular weight is 229 g/mol. The smallest absolute Gasteiger partial charge is 0.164 e. The van der Waals surface area contributed by atoms with Gasteiger partial charge in [-0.3, -0.25) is 9.79 Å². The Hall–Kier alpha value is -1.20. The highest BCUT2D eigenvalue weighted by Crippen LogP contribution is 2.01. The van der Waals surface area contributed by atoms with Gasteiger partial charge in [-0.15, -0.1) is 0 Å². The first-order valence-corrected chi connectivity index (χ1v) is 4.97. The number of aliphatic imine (C=N–C) groups is 1. The molecule has 5 heteroatoms. The Balaban J connectivity index is 4.57. The van der Waals surface area contributed by atoms with Crippen LogP contribution in [0.2, 0.25) is 0 Å². The normalized spacial score (nSPS) is 15.0. The summed E-state index contributed by atoms with van der Waals surface area (Å²) >= 11 is 0. The van der Waals surface area contributed by atoms with Crippen molar-refractivity contribution < 1.29 is 19.4 Å². The first-order valence-electron chi connectivity index (χ1n) is 4.97. The van der Waals surface area contributed by atoms with Gasteiger partial charge in [0.1, 0.15) is 12.4 Å². The van der Waals surface area contributed by atoms with E-state index in [0.717, 1.165) is 0 Å². The number of allylic oxidation sites excluding steroid dienone is 1.